The summed E-state index contributed by atoms with van der Waals surface area (Å²) in [6, 6.07) is 4.72. The van der Waals surface area contributed by atoms with Crippen LogP contribution in [0.15, 0.2) is 23.4 Å². The maximum atomic E-state index is 12.5. The first-order valence-corrected chi connectivity index (χ1v) is 6.96. The molecule has 21 heavy (non-hydrogen) atoms. The van der Waals surface area contributed by atoms with Gasteiger partial charge in [0.25, 0.3) is 5.91 Å². The Morgan fingerprint density at radius 3 is 2.57 bits per heavy atom. The second-order valence-electron chi connectivity index (χ2n) is 4.57. The Morgan fingerprint density at radius 1 is 1.48 bits per heavy atom. The summed E-state index contributed by atoms with van der Waals surface area (Å²) in [5.41, 5.74) is 5.15. The minimum atomic E-state index is -0.906. The highest BCUT2D eigenvalue weighted by atomic mass is 35.5. The van der Waals surface area contributed by atoms with Crippen molar-refractivity contribution in [2.75, 3.05) is 7.11 Å². The number of halogens is 1. The van der Waals surface area contributed by atoms with Gasteiger partial charge in [-0.1, -0.05) is 30.6 Å². The fraction of sp³-hybridized carbons (Fsp3) is 0.429. The molecule has 1 aromatic carbocycles. The van der Waals surface area contributed by atoms with Crippen molar-refractivity contribution < 1.29 is 14.7 Å². The molecule has 6 nitrogen and oxygen atoms in total. The molecule has 1 aromatic rings. The maximum absolute atomic E-state index is 12.5. The predicted molar refractivity (Wildman–Crippen MR) is 82.2 cm³/mol. The molecule has 0 fully saturated rings. The van der Waals surface area contributed by atoms with Gasteiger partial charge < -0.3 is 21.0 Å². The van der Waals surface area contributed by atoms with Crippen molar-refractivity contribution >= 4 is 23.3 Å². The Bertz CT molecular complexity index is 542. The Kier molecular flexibility index (Phi) is 5.84. The lowest BCUT2D eigenvalue weighted by Crippen LogP contribution is -2.56. The van der Waals surface area contributed by atoms with Crippen LogP contribution in [-0.2, 0) is 0 Å². The van der Waals surface area contributed by atoms with Crippen molar-refractivity contribution in [3.8, 4) is 5.75 Å². The number of ether oxygens (including phenoxy) is 1. The molecule has 0 bridgehead atoms. The van der Waals surface area contributed by atoms with E-state index in [4.69, 9.17) is 27.3 Å². The second kappa shape index (κ2) is 7.17. The van der Waals surface area contributed by atoms with Gasteiger partial charge in [0.05, 0.1) is 12.7 Å². The first-order valence-electron chi connectivity index (χ1n) is 6.58. The number of nitrogens with one attached hydrogen (secondary N) is 1. The van der Waals surface area contributed by atoms with Gasteiger partial charge >= 0.3 is 0 Å². The van der Waals surface area contributed by atoms with Crippen LogP contribution in [0.1, 0.15) is 37.0 Å². The Hall–Kier alpha value is -1.95. The SMILES string of the molecule is CCC(CC)(NC(=O)c1ccc(Cl)cc1OC)C(N)=NO. The summed E-state index contributed by atoms with van der Waals surface area (Å²) >= 11 is 5.88. The molecule has 7 heteroatoms. The van der Waals surface area contributed by atoms with Gasteiger partial charge in [0, 0.05) is 5.02 Å². The number of hydrogen-bond donors (Lipinski definition) is 3. The molecule has 0 atom stereocenters. The van der Waals surface area contributed by atoms with Crippen LogP contribution in [0.3, 0.4) is 0 Å². The third kappa shape index (κ3) is 3.58. The summed E-state index contributed by atoms with van der Waals surface area (Å²) in [6.45, 7) is 3.70. The minimum Gasteiger partial charge on any atom is -0.496 e. The zero-order valence-electron chi connectivity index (χ0n) is 12.3. The van der Waals surface area contributed by atoms with E-state index in [-0.39, 0.29) is 11.7 Å². The molecule has 0 spiro atoms. The fourth-order valence-corrected chi connectivity index (χ4v) is 2.25. The van der Waals surface area contributed by atoms with Gasteiger partial charge in [-0.3, -0.25) is 4.79 Å². The topological polar surface area (TPSA) is 96.9 Å². The highest BCUT2D eigenvalue weighted by molar-refractivity contribution is 6.30. The third-order valence-electron chi connectivity index (χ3n) is 3.57. The monoisotopic (exact) mass is 313 g/mol. The first-order chi connectivity index (χ1) is 9.93. The van der Waals surface area contributed by atoms with Crippen molar-refractivity contribution in [1.82, 2.24) is 5.32 Å². The Labute approximate surface area is 128 Å². The molecule has 1 amide bonds. The van der Waals surface area contributed by atoms with E-state index in [1.165, 1.54) is 7.11 Å². The average molecular weight is 314 g/mol. The van der Waals surface area contributed by atoms with Gasteiger partial charge in [0.1, 0.15) is 11.3 Å². The quantitative estimate of drug-likeness (QED) is 0.325. The summed E-state index contributed by atoms with van der Waals surface area (Å²) < 4.78 is 5.16. The normalized spacial score (nSPS) is 12.1. The summed E-state index contributed by atoms with van der Waals surface area (Å²) in [5.74, 6) is -0.0480. The van der Waals surface area contributed by atoms with E-state index in [9.17, 15) is 4.79 Å². The summed E-state index contributed by atoms with van der Waals surface area (Å²) in [6.07, 6.45) is 0.974. The Morgan fingerprint density at radius 2 is 2.10 bits per heavy atom. The molecule has 0 saturated heterocycles. The van der Waals surface area contributed by atoms with Crippen LogP contribution in [0.4, 0.5) is 0 Å². The molecule has 0 aliphatic heterocycles. The molecule has 0 saturated carbocycles. The number of benzene rings is 1. The number of carbonyl (C=O) groups excluding carboxylic acids is 1. The van der Waals surface area contributed by atoms with Crippen LogP contribution in [0.25, 0.3) is 0 Å². The Balaban J connectivity index is 3.14. The maximum Gasteiger partial charge on any atom is 0.255 e. The number of methoxy groups -OCH3 is 1. The predicted octanol–water partition coefficient (Wildman–Crippen LogP) is 2.38. The molecular formula is C14H20ClN3O3. The number of hydrogen-bond acceptors (Lipinski definition) is 4. The second-order valence-corrected chi connectivity index (χ2v) is 5.01. The number of nitrogens with zero attached hydrogens (tertiary/aromatic N) is 1. The van der Waals surface area contributed by atoms with Gasteiger partial charge in [-0.15, -0.1) is 0 Å². The van der Waals surface area contributed by atoms with Crippen LogP contribution in [0.2, 0.25) is 5.02 Å². The molecule has 116 valence electrons. The van der Waals surface area contributed by atoms with Crippen molar-refractivity contribution in [3.05, 3.63) is 28.8 Å². The lowest BCUT2D eigenvalue weighted by molar-refractivity contribution is 0.0914. The van der Waals surface area contributed by atoms with E-state index in [0.717, 1.165) is 0 Å². The standard InChI is InChI=1S/C14H20ClN3O3/c1-4-14(5-2,13(16)18-20)17-12(19)10-7-6-9(15)8-11(10)21-3/h6-8,20H,4-5H2,1-3H3,(H2,16,18)(H,17,19). The molecular weight excluding hydrogens is 294 g/mol. The van der Waals surface area contributed by atoms with Crippen LogP contribution >= 0.6 is 11.6 Å². The van der Waals surface area contributed by atoms with E-state index in [0.29, 0.717) is 29.2 Å². The molecule has 0 aliphatic carbocycles. The number of carbonyl (C=O) groups is 1. The van der Waals surface area contributed by atoms with Gasteiger partial charge in [-0.05, 0) is 31.0 Å². The van der Waals surface area contributed by atoms with E-state index in [1.54, 1.807) is 18.2 Å². The third-order valence-corrected chi connectivity index (χ3v) is 3.80. The molecule has 0 aliphatic rings. The van der Waals surface area contributed by atoms with Crippen molar-refractivity contribution in [2.45, 2.75) is 32.2 Å². The van der Waals surface area contributed by atoms with E-state index < -0.39 is 5.54 Å². The largest absolute Gasteiger partial charge is 0.496 e. The lowest BCUT2D eigenvalue weighted by Gasteiger charge is -2.31. The van der Waals surface area contributed by atoms with E-state index >= 15 is 0 Å². The van der Waals surface area contributed by atoms with E-state index in [1.807, 2.05) is 13.8 Å². The average Bonchev–Trinajstić information content (AvgIpc) is 2.51. The van der Waals surface area contributed by atoms with Gasteiger partial charge in [0.2, 0.25) is 0 Å². The minimum absolute atomic E-state index is 0.0335. The van der Waals surface area contributed by atoms with Crippen molar-refractivity contribution in [1.29, 1.82) is 0 Å². The van der Waals surface area contributed by atoms with Crippen molar-refractivity contribution in [3.63, 3.8) is 0 Å². The first kappa shape index (κ1) is 17.1. The van der Waals surface area contributed by atoms with Crippen LogP contribution in [0.5, 0.6) is 5.75 Å². The van der Waals surface area contributed by atoms with Crippen molar-refractivity contribution in [2.24, 2.45) is 10.9 Å². The summed E-state index contributed by atoms with van der Waals surface area (Å²) in [5, 5.41) is 15.2. The van der Waals surface area contributed by atoms with Crippen LogP contribution in [0, 0.1) is 0 Å². The number of oxime groups is 1. The molecule has 1 rings (SSSR count). The molecule has 0 heterocycles. The summed E-state index contributed by atoms with van der Waals surface area (Å²) in [4.78, 5) is 12.5. The fourth-order valence-electron chi connectivity index (χ4n) is 2.09. The van der Waals surface area contributed by atoms with E-state index in [2.05, 4.69) is 10.5 Å². The number of amides is 1. The molecule has 0 unspecified atom stereocenters. The highest BCUT2D eigenvalue weighted by Gasteiger charge is 2.34. The summed E-state index contributed by atoms with van der Waals surface area (Å²) in [7, 11) is 1.46. The zero-order valence-corrected chi connectivity index (χ0v) is 13.1. The molecule has 0 aromatic heterocycles. The smallest absolute Gasteiger partial charge is 0.255 e. The number of amidine groups is 1. The number of nitrogens with two attached hydrogens (primary N) is 1. The van der Waals surface area contributed by atoms with Crippen LogP contribution < -0.4 is 15.8 Å². The molecule has 4 N–H and O–H groups in total. The van der Waals surface area contributed by atoms with Gasteiger partial charge in [0.15, 0.2) is 5.84 Å². The number of rotatable bonds is 6. The lowest BCUT2D eigenvalue weighted by atomic mass is 9.91. The van der Waals surface area contributed by atoms with Gasteiger partial charge in [-0.25, -0.2) is 0 Å². The highest BCUT2D eigenvalue weighted by Crippen LogP contribution is 2.24. The molecule has 0 radical (unpaired) electrons. The zero-order chi connectivity index (χ0) is 16.0. The van der Waals surface area contributed by atoms with Gasteiger partial charge in [-0.2, -0.15) is 0 Å². The van der Waals surface area contributed by atoms with Crippen LogP contribution in [-0.4, -0.2) is 29.6 Å².